The Balaban J connectivity index is 1.81. The summed E-state index contributed by atoms with van der Waals surface area (Å²) in [6, 6.07) is 13.3. The van der Waals surface area contributed by atoms with Gasteiger partial charge in [-0.2, -0.15) is 0 Å². The topological polar surface area (TPSA) is 55.4 Å². The van der Waals surface area contributed by atoms with Crippen LogP contribution in [0.1, 0.15) is 5.56 Å². The maximum Gasteiger partial charge on any atom is 0.243 e. The summed E-state index contributed by atoms with van der Waals surface area (Å²) in [6.45, 7) is -0.0128. The van der Waals surface area contributed by atoms with Crippen LogP contribution in [0.2, 0.25) is 0 Å². The minimum atomic E-state index is -4.08. The molecule has 0 aromatic heterocycles. The lowest BCUT2D eigenvalue weighted by molar-refractivity contribution is 0.415. The van der Waals surface area contributed by atoms with Crippen molar-refractivity contribution < 1.29 is 21.9 Å². The molecule has 3 aromatic carbocycles. The number of hydrogen-bond acceptors (Lipinski definition) is 3. The van der Waals surface area contributed by atoms with Crippen LogP contribution in [0.4, 0.5) is 8.78 Å². The zero-order valence-electron chi connectivity index (χ0n) is 13.3. The fourth-order valence-electron chi connectivity index (χ4n) is 2.46. The van der Waals surface area contributed by atoms with Crippen molar-refractivity contribution in [1.29, 1.82) is 0 Å². The summed E-state index contributed by atoms with van der Waals surface area (Å²) >= 11 is 0. The first-order valence-corrected chi connectivity index (χ1v) is 8.89. The van der Waals surface area contributed by atoms with Gasteiger partial charge >= 0.3 is 0 Å². The molecular weight excluding hydrogens is 348 g/mol. The highest BCUT2D eigenvalue weighted by Crippen LogP contribution is 2.22. The lowest BCUT2D eigenvalue weighted by atomic mass is 10.1. The Hall–Kier alpha value is -2.51. The van der Waals surface area contributed by atoms with Crippen LogP contribution in [-0.2, 0) is 16.6 Å². The van der Waals surface area contributed by atoms with Gasteiger partial charge in [0.15, 0.2) is 0 Å². The van der Waals surface area contributed by atoms with E-state index in [0.29, 0.717) is 11.6 Å². The molecule has 3 rings (SSSR count). The molecule has 3 aromatic rings. The Morgan fingerprint density at radius 2 is 1.68 bits per heavy atom. The summed E-state index contributed by atoms with van der Waals surface area (Å²) in [7, 11) is -2.50. The number of halogens is 2. The molecule has 0 aliphatic rings. The number of sulfonamides is 1. The summed E-state index contributed by atoms with van der Waals surface area (Å²) in [6.07, 6.45) is 0. The van der Waals surface area contributed by atoms with Crippen LogP contribution in [0.15, 0.2) is 59.5 Å². The average Bonchev–Trinajstić information content (AvgIpc) is 2.59. The SMILES string of the molecule is COc1ccc2cc(CNS(=O)(=O)c3ccc(F)cc3F)ccc2c1. The number of rotatable bonds is 5. The van der Waals surface area contributed by atoms with E-state index in [0.717, 1.165) is 28.7 Å². The highest BCUT2D eigenvalue weighted by Gasteiger charge is 2.19. The van der Waals surface area contributed by atoms with Crippen molar-refractivity contribution >= 4 is 20.8 Å². The average molecular weight is 363 g/mol. The largest absolute Gasteiger partial charge is 0.497 e. The first-order valence-electron chi connectivity index (χ1n) is 7.40. The smallest absolute Gasteiger partial charge is 0.243 e. The van der Waals surface area contributed by atoms with Crippen LogP contribution in [0.25, 0.3) is 10.8 Å². The van der Waals surface area contributed by atoms with Gasteiger partial charge in [0.1, 0.15) is 22.3 Å². The van der Waals surface area contributed by atoms with E-state index in [9.17, 15) is 17.2 Å². The molecule has 1 N–H and O–H groups in total. The zero-order valence-corrected chi connectivity index (χ0v) is 14.1. The van der Waals surface area contributed by atoms with Gasteiger partial charge in [-0.05, 0) is 46.7 Å². The standard InChI is InChI=1S/C18H15F2NO3S/c1-24-16-6-4-13-8-12(2-3-14(13)9-16)11-21-25(22,23)18-7-5-15(19)10-17(18)20/h2-10,21H,11H2,1H3. The van der Waals surface area contributed by atoms with Crippen molar-refractivity contribution in [3.63, 3.8) is 0 Å². The molecular formula is C18H15F2NO3S. The Labute approximate surface area is 144 Å². The molecule has 0 saturated heterocycles. The Morgan fingerprint density at radius 1 is 0.960 bits per heavy atom. The van der Waals surface area contributed by atoms with Gasteiger partial charge in [0.25, 0.3) is 0 Å². The van der Waals surface area contributed by atoms with E-state index in [2.05, 4.69) is 4.72 Å². The molecule has 25 heavy (non-hydrogen) atoms. The van der Waals surface area contributed by atoms with Gasteiger partial charge in [-0.15, -0.1) is 0 Å². The summed E-state index contributed by atoms with van der Waals surface area (Å²) in [5.74, 6) is -1.23. The molecule has 0 amide bonds. The molecule has 0 aliphatic carbocycles. The van der Waals surface area contributed by atoms with Crippen molar-refractivity contribution in [2.75, 3.05) is 7.11 Å². The summed E-state index contributed by atoms with van der Waals surface area (Å²) < 4.78 is 58.5. The molecule has 0 atom stereocenters. The molecule has 4 nitrogen and oxygen atoms in total. The van der Waals surface area contributed by atoms with Crippen LogP contribution in [-0.4, -0.2) is 15.5 Å². The van der Waals surface area contributed by atoms with Gasteiger partial charge in [0.05, 0.1) is 7.11 Å². The maximum atomic E-state index is 13.7. The fraction of sp³-hybridized carbons (Fsp3) is 0.111. The molecule has 0 heterocycles. The van der Waals surface area contributed by atoms with E-state index in [1.54, 1.807) is 13.2 Å². The molecule has 0 bridgehead atoms. The number of nitrogens with one attached hydrogen (secondary N) is 1. The van der Waals surface area contributed by atoms with Crippen LogP contribution in [0.5, 0.6) is 5.75 Å². The van der Waals surface area contributed by atoms with Crippen molar-refractivity contribution in [2.45, 2.75) is 11.4 Å². The van der Waals surface area contributed by atoms with E-state index < -0.39 is 26.6 Å². The fourth-order valence-corrected chi connectivity index (χ4v) is 3.53. The van der Waals surface area contributed by atoms with E-state index >= 15 is 0 Å². The number of fused-ring (bicyclic) bond motifs is 1. The quantitative estimate of drug-likeness (QED) is 0.753. The van der Waals surface area contributed by atoms with Crippen molar-refractivity contribution in [2.24, 2.45) is 0 Å². The van der Waals surface area contributed by atoms with Crippen molar-refractivity contribution in [3.05, 3.63) is 71.8 Å². The predicted octanol–water partition coefficient (Wildman–Crippen LogP) is 3.61. The van der Waals surface area contributed by atoms with Gasteiger partial charge in [0, 0.05) is 12.6 Å². The Bertz CT molecular complexity index is 1040. The molecule has 7 heteroatoms. The second-order valence-corrected chi connectivity index (χ2v) is 7.18. The first-order chi connectivity index (χ1) is 11.9. The van der Waals surface area contributed by atoms with Gasteiger partial charge < -0.3 is 4.74 Å². The monoisotopic (exact) mass is 363 g/mol. The second-order valence-electron chi connectivity index (χ2n) is 5.45. The Kier molecular flexibility index (Phi) is 4.69. The zero-order chi connectivity index (χ0) is 18.0. The van der Waals surface area contributed by atoms with E-state index in [4.69, 9.17) is 4.74 Å². The number of ether oxygens (including phenoxy) is 1. The summed E-state index contributed by atoms with van der Waals surface area (Å²) in [4.78, 5) is -0.584. The number of benzene rings is 3. The normalized spacial score (nSPS) is 11.6. The summed E-state index contributed by atoms with van der Waals surface area (Å²) in [5.41, 5.74) is 0.712. The molecule has 0 saturated carbocycles. The van der Waals surface area contributed by atoms with E-state index in [1.807, 2.05) is 30.3 Å². The number of methoxy groups -OCH3 is 1. The third-order valence-corrected chi connectivity index (χ3v) is 5.20. The molecule has 0 spiro atoms. The minimum absolute atomic E-state index is 0.0128. The highest BCUT2D eigenvalue weighted by molar-refractivity contribution is 7.89. The highest BCUT2D eigenvalue weighted by atomic mass is 32.2. The van der Waals surface area contributed by atoms with Gasteiger partial charge in [0.2, 0.25) is 10.0 Å². The predicted molar refractivity (Wildman–Crippen MR) is 90.9 cm³/mol. The van der Waals surface area contributed by atoms with Crippen molar-refractivity contribution in [3.8, 4) is 5.75 Å². The van der Waals surface area contributed by atoms with Gasteiger partial charge in [-0.1, -0.05) is 18.2 Å². The maximum absolute atomic E-state index is 13.7. The summed E-state index contributed by atoms with van der Waals surface area (Å²) in [5, 5.41) is 1.88. The van der Waals surface area contributed by atoms with Gasteiger partial charge in [-0.3, -0.25) is 0 Å². The molecule has 0 radical (unpaired) electrons. The molecule has 0 fully saturated rings. The lowest BCUT2D eigenvalue weighted by Gasteiger charge is -2.09. The third kappa shape index (κ3) is 3.78. The Morgan fingerprint density at radius 3 is 2.40 bits per heavy atom. The molecule has 0 unspecified atom stereocenters. The van der Waals surface area contributed by atoms with Crippen LogP contribution >= 0.6 is 0 Å². The van der Waals surface area contributed by atoms with Crippen LogP contribution in [0, 0.1) is 11.6 Å². The van der Waals surface area contributed by atoms with Crippen molar-refractivity contribution in [1.82, 2.24) is 4.72 Å². The van der Waals surface area contributed by atoms with Crippen LogP contribution in [0.3, 0.4) is 0 Å². The van der Waals surface area contributed by atoms with Gasteiger partial charge in [-0.25, -0.2) is 21.9 Å². The van der Waals surface area contributed by atoms with E-state index in [-0.39, 0.29) is 6.54 Å². The minimum Gasteiger partial charge on any atom is -0.497 e. The molecule has 0 aliphatic heterocycles. The second kappa shape index (κ2) is 6.78. The number of hydrogen-bond donors (Lipinski definition) is 1. The molecule has 130 valence electrons. The lowest BCUT2D eigenvalue weighted by Crippen LogP contribution is -2.24. The van der Waals surface area contributed by atoms with E-state index in [1.165, 1.54) is 0 Å². The van der Waals surface area contributed by atoms with Crippen LogP contribution < -0.4 is 9.46 Å². The third-order valence-electron chi connectivity index (χ3n) is 3.76. The first kappa shape index (κ1) is 17.3.